The van der Waals surface area contributed by atoms with Crippen molar-refractivity contribution >= 4 is 38.4 Å². The smallest absolute Gasteiger partial charge is 0.331 e. The first-order chi connectivity index (χ1) is 18.8. The van der Waals surface area contributed by atoms with Crippen LogP contribution in [0, 0.1) is 5.82 Å². The highest BCUT2D eigenvalue weighted by Gasteiger charge is 2.39. The maximum atomic E-state index is 15.0. The van der Waals surface area contributed by atoms with Crippen molar-refractivity contribution in [3.8, 4) is 11.1 Å². The Morgan fingerprint density at radius 1 is 1.18 bits per heavy atom. The summed E-state index contributed by atoms with van der Waals surface area (Å²) >= 11 is 5.67. The number of fused-ring (bicyclic) bond motifs is 1. The van der Waals surface area contributed by atoms with Crippen LogP contribution in [-0.2, 0) is 29.2 Å². The van der Waals surface area contributed by atoms with Crippen LogP contribution in [0.25, 0.3) is 22.0 Å². The van der Waals surface area contributed by atoms with E-state index in [9.17, 15) is 31.2 Å². The van der Waals surface area contributed by atoms with Gasteiger partial charge in [0, 0.05) is 33.8 Å². The molecule has 0 spiro atoms. The summed E-state index contributed by atoms with van der Waals surface area (Å²) in [6.45, 7) is 1.29. The van der Waals surface area contributed by atoms with E-state index in [4.69, 9.17) is 11.6 Å². The van der Waals surface area contributed by atoms with E-state index in [1.54, 1.807) is 18.2 Å². The molecule has 2 aromatic heterocycles. The second-order valence-corrected chi connectivity index (χ2v) is 11.9. The number of sulfonamides is 1. The van der Waals surface area contributed by atoms with E-state index in [1.807, 2.05) is 11.6 Å². The largest absolute Gasteiger partial charge is 0.417 e. The van der Waals surface area contributed by atoms with Crippen molar-refractivity contribution in [3.63, 3.8) is 0 Å². The highest BCUT2D eigenvalue weighted by molar-refractivity contribution is 7.91. The molecule has 1 fully saturated rings. The third kappa shape index (κ3) is 5.13. The number of pyridine rings is 1. The van der Waals surface area contributed by atoms with Crippen molar-refractivity contribution in [1.29, 1.82) is 0 Å². The Morgan fingerprint density at radius 3 is 2.52 bits per heavy atom. The normalized spacial score (nSPS) is 14.1. The topological polar surface area (TPSA) is 101 Å². The van der Waals surface area contributed by atoms with Crippen molar-refractivity contribution in [3.05, 3.63) is 92.2 Å². The van der Waals surface area contributed by atoms with Gasteiger partial charge < -0.3 is 9.55 Å². The lowest BCUT2D eigenvalue weighted by Crippen LogP contribution is -2.35. The van der Waals surface area contributed by atoms with Gasteiger partial charge in [0.1, 0.15) is 11.5 Å². The van der Waals surface area contributed by atoms with Gasteiger partial charge in [-0.2, -0.15) is 13.2 Å². The van der Waals surface area contributed by atoms with Crippen molar-refractivity contribution in [2.45, 2.75) is 44.2 Å². The van der Waals surface area contributed by atoms with E-state index < -0.39 is 61.4 Å². The lowest BCUT2D eigenvalue weighted by Gasteiger charge is -2.16. The van der Waals surface area contributed by atoms with E-state index in [2.05, 4.69) is 4.98 Å². The maximum absolute atomic E-state index is 15.0. The number of rotatable bonds is 7. The molecule has 0 aliphatic heterocycles. The molecule has 0 bridgehead atoms. The number of benzene rings is 2. The highest BCUT2D eigenvalue weighted by atomic mass is 35.5. The Hall–Kier alpha value is -3.64. The highest BCUT2D eigenvalue weighted by Crippen LogP contribution is 2.39. The zero-order valence-electron chi connectivity index (χ0n) is 20.9. The molecule has 4 aromatic rings. The van der Waals surface area contributed by atoms with E-state index in [0.29, 0.717) is 36.8 Å². The Kier molecular flexibility index (Phi) is 7.03. The molecular formula is C27H22ClF4N3O4S. The molecule has 1 aliphatic carbocycles. The molecule has 2 heterocycles. The first kappa shape index (κ1) is 27.9. The van der Waals surface area contributed by atoms with Crippen LogP contribution in [0.15, 0.2) is 53.5 Å². The van der Waals surface area contributed by atoms with Gasteiger partial charge >= 0.3 is 6.18 Å². The molecule has 1 saturated carbocycles. The van der Waals surface area contributed by atoms with Crippen molar-refractivity contribution < 1.29 is 30.8 Å². The summed E-state index contributed by atoms with van der Waals surface area (Å²) < 4.78 is 84.5. The van der Waals surface area contributed by atoms with E-state index >= 15 is 4.39 Å². The molecule has 7 nitrogen and oxygen atoms in total. The molecule has 40 heavy (non-hydrogen) atoms. The first-order valence-corrected chi connectivity index (χ1v) is 14.2. The molecule has 0 radical (unpaired) electrons. The Balaban J connectivity index is 1.81. The van der Waals surface area contributed by atoms with Crippen LogP contribution in [0.2, 0.25) is 5.02 Å². The van der Waals surface area contributed by atoms with Gasteiger partial charge in [0.2, 0.25) is 10.0 Å². The number of carbonyl (C=O) groups excluding carboxylic acids is 1. The van der Waals surface area contributed by atoms with Gasteiger partial charge in [-0.1, -0.05) is 24.6 Å². The number of nitrogens with one attached hydrogen (secondary N) is 2. The number of alkyl halides is 3. The third-order valence-electron chi connectivity index (χ3n) is 6.81. The summed E-state index contributed by atoms with van der Waals surface area (Å²) in [5, 5.41) is -1.22. The summed E-state index contributed by atoms with van der Waals surface area (Å²) in [6.07, 6.45) is -2.19. The maximum Gasteiger partial charge on any atom is 0.417 e. The van der Waals surface area contributed by atoms with Gasteiger partial charge in [-0.25, -0.2) is 17.5 Å². The summed E-state index contributed by atoms with van der Waals surface area (Å²) in [7, 11) is -4.06. The van der Waals surface area contributed by atoms with Crippen LogP contribution in [0.4, 0.5) is 17.6 Å². The van der Waals surface area contributed by atoms with E-state index in [0.717, 1.165) is 5.56 Å². The molecule has 5 rings (SSSR count). The quantitative estimate of drug-likeness (QED) is 0.270. The van der Waals surface area contributed by atoms with Crippen LogP contribution < -0.4 is 10.3 Å². The Labute approximate surface area is 230 Å². The van der Waals surface area contributed by atoms with Crippen molar-refractivity contribution in [2.24, 2.45) is 0 Å². The number of halogens is 5. The van der Waals surface area contributed by atoms with Crippen LogP contribution >= 0.6 is 11.6 Å². The molecule has 210 valence electrons. The fraction of sp³-hybridized carbons (Fsp3) is 0.259. The number of nitrogens with zero attached hydrogens (tertiary/aromatic N) is 1. The number of carbonyl (C=O) groups is 1. The fourth-order valence-corrected chi connectivity index (χ4v) is 6.19. The predicted octanol–water partition coefficient (Wildman–Crippen LogP) is 5.64. The summed E-state index contributed by atoms with van der Waals surface area (Å²) in [5.41, 5.74) is -1.41. The number of hydrogen-bond donors (Lipinski definition) is 2. The van der Waals surface area contributed by atoms with Gasteiger partial charge in [-0.15, -0.1) is 0 Å². The molecule has 0 unspecified atom stereocenters. The van der Waals surface area contributed by atoms with Crippen LogP contribution in [0.1, 0.15) is 46.9 Å². The second kappa shape index (κ2) is 10.1. The minimum atomic E-state index is -4.88. The van der Waals surface area contributed by atoms with Gasteiger partial charge in [-0.3, -0.25) is 9.59 Å². The average molecular weight is 596 g/mol. The molecule has 2 N–H and O–H groups in total. The number of aromatic amines is 1. The van der Waals surface area contributed by atoms with Crippen LogP contribution in [0.5, 0.6) is 0 Å². The van der Waals surface area contributed by atoms with Crippen LogP contribution in [-0.4, -0.2) is 29.1 Å². The SMILES string of the molecule is CCc1ccc2c(c1)c(-c1ccc[nH]c1=O)c(C(=O)NS(=O)(=O)C1CC1)n2Cc1cc(C(F)(F)F)c(Cl)cc1F. The fourth-order valence-electron chi connectivity index (χ4n) is 4.65. The Morgan fingerprint density at radius 2 is 1.90 bits per heavy atom. The summed E-state index contributed by atoms with van der Waals surface area (Å²) in [5.74, 6) is -2.15. The summed E-state index contributed by atoms with van der Waals surface area (Å²) in [6, 6.07) is 9.08. The number of amides is 1. The zero-order valence-corrected chi connectivity index (χ0v) is 22.5. The molecule has 2 aromatic carbocycles. The standard InChI is InChI=1S/C27H22ClF4N3O4S/c1-2-14-5-8-22-18(10-14)23(17-4-3-9-33-25(17)36)24(26(37)34-40(38,39)16-6-7-16)35(22)13-15-11-19(27(30,31)32)20(28)12-21(15)29/h3-5,8-12,16H,2,6-7,13H2,1H3,(H,33,36)(H,34,37). The van der Waals surface area contributed by atoms with Crippen molar-refractivity contribution in [1.82, 2.24) is 14.3 Å². The Bertz CT molecular complexity index is 1830. The zero-order chi connectivity index (χ0) is 29.0. The van der Waals surface area contributed by atoms with E-state index in [1.165, 1.54) is 22.9 Å². The lowest BCUT2D eigenvalue weighted by molar-refractivity contribution is -0.137. The average Bonchev–Trinajstić information content (AvgIpc) is 3.69. The third-order valence-corrected chi connectivity index (χ3v) is 8.94. The van der Waals surface area contributed by atoms with Crippen molar-refractivity contribution in [2.75, 3.05) is 0 Å². The lowest BCUT2D eigenvalue weighted by atomic mass is 10.0. The molecule has 1 amide bonds. The number of aryl methyl sites for hydroxylation is 1. The molecular weight excluding hydrogens is 574 g/mol. The van der Waals surface area contributed by atoms with Gasteiger partial charge in [0.05, 0.1) is 22.4 Å². The minimum absolute atomic E-state index is 0.0287. The first-order valence-electron chi connectivity index (χ1n) is 12.3. The van der Waals surface area contributed by atoms with Gasteiger partial charge in [0.15, 0.2) is 0 Å². The predicted molar refractivity (Wildman–Crippen MR) is 142 cm³/mol. The van der Waals surface area contributed by atoms with E-state index in [-0.39, 0.29) is 22.3 Å². The molecule has 0 atom stereocenters. The molecule has 0 saturated heterocycles. The van der Waals surface area contributed by atoms with Gasteiger partial charge in [-0.05, 0) is 61.2 Å². The molecule has 1 aliphatic rings. The second-order valence-electron chi connectivity index (χ2n) is 9.52. The number of hydrogen-bond acceptors (Lipinski definition) is 4. The summed E-state index contributed by atoms with van der Waals surface area (Å²) in [4.78, 5) is 29.1. The monoisotopic (exact) mass is 595 g/mol. The minimum Gasteiger partial charge on any atom is -0.331 e. The molecule has 13 heteroatoms. The number of aromatic nitrogens is 2. The van der Waals surface area contributed by atoms with Gasteiger partial charge in [0.25, 0.3) is 11.5 Å². The number of H-pyrrole nitrogens is 1. The van der Waals surface area contributed by atoms with Crippen LogP contribution in [0.3, 0.4) is 0 Å².